The first-order chi connectivity index (χ1) is 8.85. The third-order valence-electron chi connectivity index (χ3n) is 2.97. The highest BCUT2D eigenvalue weighted by Crippen LogP contribution is 2.31. The highest BCUT2D eigenvalue weighted by molar-refractivity contribution is 5.40. The largest absolute Gasteiger partial charge is 0.486 e. The normalized spacial score (nSPS) is 19.0. The zero-order valence-electron chi connectivity index (χ0n) is 10.7. The van der Waals surface area contributed by atoms with Crippen LogP contribution in [-0.4, -0.2) is 25.3 Å². The van der Waals surface area contributed by atoms with Gasteiger partial charge < -0.3 is 14.8 Å². The van der Waals surface area contributed by atoms with E-state index in [1.807, 2.05) is 24.3 Å². The first-order valence-corrected chi connectivity index (χ1v) is 6.40. The lowest BCUT2D eigenvalue weighted by Gasteiger charge is -2.32. The number of benzene rings is 1. The van der Waals surface area contributed by atoms with E-state index in [9.17, 15) is 0 Å². The number of terminal acetylenes is 1. The van der Waals surface area contributed by atoms with Crippen molar-refractivity contribution in [3.8, 4) is 23.8 Å². The summed E-state index contributed by atoms with van der Waals surface area (Å²) in [5, 5.41) is 3.42. The van der Waals surface area contributed by atoms with Crippen LogP contribution in [0.4, 0.5) is 0 Å². The Morgan fingerprint density at radius 2 is 2.22 bits per heavy atom. The minimum Gasteiger partial charge on any atom is -0.486 e. The maximum atomic E-state index is 5.96. The van der Waals surface area contributed by atoms with Gasteiger partial charge in [0.1, 0.15) is 12.7 Å². The van der Waals surface area contributed by atoms with Crippen LogP contribution in [-0.2, 0) is 0 Å². The molecule has 1 aliphatic rings. The van der Waals surface area contributed by atoms with Crippen LogP contribution in [0.2, 0.25) is 0 Å². The van der Waals surface area contributed by atoms with E-state index in [1.54, 1.807) is 0 Å². The molecule has 3 heteroatoms. The van der Waals surface area contributed by atoms with Gasteiger partial charge in [0.05, 0.1) is 6.04 Å². The van der Waals surface area contributed by atoms with Crippen LogP contribution in [0.25, 0.3) is 0 Å². The number of ether oxygens (including phenoxy) is 2. The SMILES string of the molecule is C#CCC(NCCC)C1COc2ccccc2O1. The Bertz CT molecular complexity index is 425. The molecular formula is C15H19NO2. The van der Waals surface area contributed by atoms with E-state index >= 15 is 0 Å². The highest BCUT2D eigenvalue weighted by Gasteiger charge is 2.27. The lowest BCUT2D eigenvalue weighted by atomic mass is 10.1. The Balaban J connectivity index is 2.03. The molecule has 0 amide bonds. The van der Waals surface area contributed by atoms with Crippen LogP contribution in [0.1, 0.15) is 19.8 Å². The zero-order valence-corrected chi connectivity index (χ0v) is 10.7. The lowest BCUT2D eigenvalue weighted by molar-refractivity contribution is 0.0632. The highest BCUT2D eigenvalue weighted by atomic mass is 16.6. The Labute approximate surface area is 108 Å². The molecule has 0 aliphatic carbocycles. The van der Waals surface area contributed by atoms with Crippen LogP contribution < -0.4 is 14.8 Å². The van der Waals surface area contributed by atoms with Crippen LogP contribution in [0, 0.1) is 12.3 Å². The summed E-state index contributed by atoms with van der Waals surface area (Å²) in [7, 11) is 0. The van der Waals surface area contributed by atoms with Gasteiger partial charge in [0.25, 0.3) is 0 Å². The van der Waals surface area contributed by atoms with Crippen molar-refractivity contribution in [2.45, 2.75) is 31.9 Å². The average molecular weight is 245 g/mol. The molecule has 0 fully saturated rings. The molecular weight excluding hydrogens is 226 g/mol. The molecule has 0 bridgehead atoms. The predicted molar refractivity (Wildman–Crippen MR) is 71.9 cm³/mol. The number of hydrogen-bond donors (Lipinski definition) is 1. The van der Waals surface area contributed by atoms with Gasteiger partial charge in [-0.15, -0.1) is 12.3 Å². The molecule has 1 aromatic rings. The molecule has 3 nitrogen and oxygen atoms in total. The summed E-state index contributed by atoms with van der Waals surface area (Å²) in [6.07, 6.45) is 7.11. The van der Waals surface area contributed by atoms with Crippen LogP contribution in [0.15, 0.2) is 24.3 Å². The lowest BCUT2D eigenvalue weighted by Crippen LogP contribution is -2.47. The van der Waals surface area contributed by atoms with Gasteiger partial charge in [-0.25, -0.2) is 0 Å². The fourth-order valence-electron chi connectivity index (χ4n) is 2.03. The third kappa shape index (κ3) is 2.96. The molecule has 2 unspecified atom stereocenters. The molecule has 2 atom stereocenters. The Hall–Kier alpha value is -1.66. The monoisotopic (exact) mass is 245 g/mol. The van der Waals surface area contributed by atoms with Gasteiger partial charge in [0.15, 0.2) is 11.5 Å². The number of rotatable bonds is 5. The van der Waals surface area contributed by atoms with Crippen molar-refractivity contribution in [2.75, 3.05) is 13.2 Å². The minimum absolute atomic E-state index is 0.0255. The second kappa shape index (κ2) is 6.32. The van der Waals surface area contributed by atoms with Crippen LogP contribution >= 0.6 is 0 Å². The Kier molecular flexibility index (Phi) is 4.49. The Morgan fingerprint density at radius 1 is 1.44 bits per heavy atom. The molecule has 1 aliphatic heterocycles. The topological polar surface area (TPSA) is 30.5 Å². The summed E-state index contributed by atoms with van der Waals surface area (Å²) in [5.74, 6) is 4.31. The molecule has 0 radical (unpaired) electrons. The van der Waals surface area contributed by atoms with Gasteiger partial charge in [-0.05, 0) is 25.1 Å². The van der Waals surface area contributed by atoms with Crippen molar-refractivity contribution in [3.05, 3.63) is 24.3 Å². The summed E-state index contributed by atoms with van der Waals surface area (Å²) in [6, 6.07) is 7.87. The average Bonchev–Trinajstić information content (AvgIpc) is 2.43. The predicted octanol–water partition coefficient (Wildman–Crippen LogP) is 2.22. The molecule has 96 valence electrons. The summed E-state index contributed by atoms with van der Waals surface area (Å²) in [5.41, 5.74) is 0. The fraction of sp³-hybridized carbons (Fsp3) is 0.467. The maximum absolute atomic E-state index is 5.96. The van der Waals surface area contributed by atoms with Crippen molar-refractivity contribution in [3.63, 3.8) is 0 Å². The first-order valence-electron chi connectivity index (χ1n) is 6.40. The van der Waals surface area contributed by atoms with Crippen molar-refractivity contribution in [1.29, 1.82) is 0 Å². The van der Waals surface area contributed by atoms with Crippen molar-refractivity contribution in [1.82, 2.24) is 5.32 Å². The molecule has 1 N–H and O–H groups in total. The summed E-state index contributed by atoms with van der Waals surface area (Å²) >= 11 is 0. The summed E-state index contributed by atoms with van der Waals surface area (Å²) < 4.78 is 11.7. The molecule has 0 saturated carbocycles. The van der Waals surface area contributed by atoms with Gasteiger partial charge in [-0.2, -0.15) is 0 Å². The van der Waals surface area contributed by atoms with Crippen LogP contribution in [0.3, 0.4) is 0 Å². The van der Waals surface area contributed by atoms with Gasteiger partial charge in [0, 0.05) is 6.42 Å². The molecule has 0 spiro atoms. The van der Waals surface area contributed by atoms with Gasteiger partial charge >= 0.3 is 0 Å². The number of fused-ring (bicyclic) bond motifs is 1. The second-order valence-corrected chi connectivity index (χ2v) is 4.38. The van der Waals surface area contributed by atoms with Crippen molar-refractivity contribution >= 4 is 0 Å². The number of hydrogen-bond acceptors (Lipinski definition) is 3. The quantitative estimate of drug-likeness (QED) is 0.807. The molecule has 2 rings (SSSR count). The van der Waals surface area contributed by atoms with E-state index in [-0.39, 0.29) is 12.1 Å². The van der Waals surface area contributed by atoms with E-state index in [1.165, 1.54) is 0 Å². The van der Waals surface area contributed by atoms with E-state index in [4.69, 9.17) is 15.9 Å². The van der Waals surface area contributed by atoms with E-state index < -0.39 is 0 Å². The zero-order chi connectivity index (χ0) is 12.8. The summed E-state index contributed by atoms with van der Waals surface area (Å²) in [6.45, 7) is 3.61. The molecule has 18 heavy (non-hydrogen) atoms. The maximum Gasteiger partial charge on any atom is 0.161 e. The smallest absolute Gasteiger partial charge is 0.161 e. The number of para-hydroxylation sites is 2. The third-order valence-corrected chi connectivity index (χ3v) is 2.97. The number of nitrogens with one attached hydrogen (secondary N) is 1. The minimum atomic E-state index is -0.0255. The van der Waals surface area contributed by atoms with Crippen molar-refractivity contribution in [2.24, 2.45) is 0 Å². The van der Waals surface area contributed by atoms with Crippen molar-refractivity contribution < 1.29 is 9.47 Å². The van der Waals surface area contributed by atoms with Crippen LogP contribution in [0.5, 0.6) is 11.5 Å². The molecule has 0 aromatic heterocycles. The first kappa shape index (κ1) is 12.8. The van der Waals surface area contributed by atoms with Gasteiger partial charge in [-0.1, -0.05) is 19.1 Å². The molecule has 0 saturated heterocycles. The second-order valence-electron chi connectivity index (χ2n) is 4.38. The van der Waals surface area contributed by atoms with E-state index in [2.05, 4.69) is 18.2 Å². The van der Waals surface area contributed by atoms with Gasteiger partial charge in [0.2, 0.25) is 0 Å². The standard InChI is InChI=1S/C15H19NO2/c1-3-7-12(16-10-4-2)15-11-17-13-8-5-6-9-14(13)18-15/h1,5-6,8-9,12,15-16H,4,7,10-11H2,2H3. The fourth-order valence-corrected chi connectivity index (χ4v) is 2.03. The van der Waals surface area contributed by atoms with Gasteiger partial charge in [-0.3, -0.25) is 0 Å². The van der Waals surface area contributed by atoms with E-state index in [0.29, 0.717) is 13.0 Å². The Morgan fingerprint density at radius 3 is 2.94 bits per heavy atom. The molecule has 1 aromatic carbocycles. The van der Waals surface area contributed by atoms with E-state index in [0.717, 1.165) is 24.5 Å². The molecule has 1 heterocycles. The summed E-state index contributed by atoms with van der Waals surface area (Å²) in [4.78, 5) is 0.